The van der Waals surface area contributed by atoms with Crippen molar-refractivity contribution in [2.45, 2.75) is 32.6 Å². The van der Waals surface area contributed by atoms with Crippen LogP contribution in [0.1, 0.15) is 31.9 Å². The molecule has 0 bridgehead atoms. The van der Waals surface area contributed by atoms with Crippen molar-refractivity contribution in [3.8, 4) is 11.5 Å². The van der Waals surface area contributed by atoms with Crippen molar-refractivity contribution in [1.82, 2.24) is 0 Å². The molecule has 0 saturated heterocycles. The van der Waals surface area contributed by atoms with Gasteiger partial charge in [-0.3, -0.25) is 0 Å². The third-order valence-electron chi connectivity index (χ3n) is 2.95. The van der Waals surface area contributed by atoms with Crippen molar-refractivity contribution in [2.75, 3.05) is 13.7 Å². The molecule has 0 atom stereocenters. The van der Waals surface area contributed by atoms with Crippen molar-refractivity contribution in [1.29, 1.82) is 0 Å². The topological polar surface area (TPSA) is 49.7 Å². The largest absolute Gasteiger partial charge is 0.504 e. The zero-order chi connectivity index (χ0) is 13.2. The smallest absolute Gasteiger partial charge is 0.162 e. The SMILES string of the molecule is CCc1cc(OC)c(O)c(C(C)(C)CO)c1Br. The minimum atomic E-state index is -0.526. The van der Waals surface area contributed by atoms with Crippen LogP contribution in [0.5, 0.6) is 11.5 Å². The van der Waals surface area contributed by atoms with E-state index in [2.05, 4.69) is 15.9 Å². The van der Waals surface area contributed by atoms with Crippen LogP contribution in [0.4, 0.5) is 0 Å². The number of phenolic OH excluding ortho intramolecular Hbond substituents is 1. The summed E-state index contributed by atoms with van der Waals surface area (Å²) in [7, 11) is 1.53. The Morgan fingerprint density at radius 2 is 2.00 bits per heavy atom. The molecule has 17 heavy (non-hydrogen) atoms. The molecule has 0 aliphatic heterocycles. The predicted octanol–water partition coefficient (Wildman–Crippen LogP) is 3.00. The molecule has 0 spiro atoms. The van der Waals surface area contributed by atoms with E-state index in [4.69, 9.17) is 4.74 Å². The van der Waals surface area contributed by atoms with Crippen LogP contribution < -0.4 is 4.74 Å². The highest BCUT2D eigenvalue weighted by atomic mass is 79.9. The molecule has 0 saturated carbocycles. The molecule has 96 valence electrons. The zero-order valence-electron chi connectivity index (χ0n) is 10.7. The Morgan fingerprint density at radius 3 is 2.41 bits per heavy atom. The number of aryl methyl sites for hydroxylation is 1. The minimum absolute atomic E-state index is 0.0461. The number of ether oxygens (including phenoxy) is 1. The Balaban J connectivity index is 3.56. The predicted molar refractivity (Wildman–Crippen MR) is 71.8 cm³/mol. The second kappa shape index (κ2) is 5.27. The third-order valence-corrected chi connectivity index (χ3v) is 3.86. The van der Waals surface area contributed by atoms with E-state index in [0.717, 1.165) is 16.5 Å². The highest BCUT2D eigenvalue weighted by molar-refractivity contribution is 9.10. The van der Waals surface area contributed by atoms with Gasteiger partial charge in [0.1, 0.15) is 0 Å². The molecular weight excluding hydrogens is 284 g/mol. The molecule has 0 fully saturated rings. The van der Waals surface area contributed by atoms with Crippen LogP contribution in [0.2, 0.25) is 0 Å². The summed E-state index contributed by atoms with van der Waals surface area (Å²) in [4.78, 5) is 0. The van der Waals surface area contributed by atoms with Gasteiger partial charge >= 0.3 is 0 Å². The van der Waals surface area contributed by atoms with Crippen LogP contribution in [0.15, 0.2) is 10.5 Å². The van der Waals surface area contributed by atoms with E-state index in [1.165, 1.54) is 7.11 Å². The van der Waals surface area contributed by atoms with Gasteiger partial charge in [-0.1, -0.05) is 36.7 Å². The van der Waals surface area contributed by atoms with Gasteiger partial charge in [0.15, 0.2) is 11.5 Å². The van der Waals surface area contributed by atoms with Crippen LogP contribution in [0, 0.1) is 0 Å². The number of benzene rings is 1. The van der Waals surface area contributed by atoms with E-state index in [1.807, 2.05) is 26.8 Å². The van der Waals surface area contributed by atoms with Crippen LogP contribution in [-0.4, -0.2) is 23.9 Å². The van der Waals surface area contributed by atoms with E-state index < -0.39 is 5.41 Å². The van der Waals surface area contributed by atoms with Crippen LogP contribution in [0.3, 0.4) is 0 Å². The van der Waals surface area contributed by atoms with E-state index in [0.29, 0.717) is 11.3 Å². The first-order valence-electron chi connectivity index (χ1n) is 5.58. The van der Waals surface area contributed by atoms with Gasteiger partial charge < -0.3 is 14.9 Å². The monoisotopic (exact) mass is 302 g/mol. The Labute approximate surface area is 111 Å². The van der Waals surface area contributed by atoms with E-state index in [1.54, 1.807) is 0 Å². The maximum absolute atomic E-state index is 10.2. The van der Waals surface area contributed by atoms with Gasteiger partial charge in [-0.2, -0.15) is 0 Å². The number of hydrogen-bond acceptors (Lipinski definition) is 3. The van der Waals surface area contributed by atoms with Gasteiger partial charge in [-0.15, -0.1) is 0 Å². The highest BCUT2D eigenvalue weighted by Gasteiger charge is 2.29. The number of methoxy groups -OCH3 is 1. The van der Waals surface area contributed by atoms with Gasteiger partial charge in [-0.25, -0.2) is 0 Å². The summed E-state index contributed by atoms with van der Waals surface area (Å²) in [6, 6.07) is 1.82. The number of rotatable bonds is 4. The Hall–Kier alpha value is -0.740. The van der Waals surface area contributed by atoms with Gasteiger partial charge in [0.25, 0.3) is 0 Å². The van der Waals surface area contributed by atoms with Crippen LogP contribution >= 0.6 is 15.9 Å². The quantitative estimate of drug-likeness (QED) is 0.899. The van der Waals surface area contributed by atoms with Gasteiger partial charge in [0.05, 0.1) is 13.7 Å². The first kappa shape index (κ1) is 14.3. The number of hydrogen-bond donors (Lipinski definition) is 2. The first-order valence-corrected chi connectivity index (χ1v) is 6.38. The van der Waals surface area contributed by atoms with E-state index >= 15 is 0 Å². The summed E-state index contributed by atoms with van der Waals surface area (Å²) < 4.78 is 6.02. The van der Waals surface area contributed by atoms with Crippen molar-refractivity contribution in [3.05, 3.63) is 21.7 Å². The fourth-order valence-corrected chi connectivity index (χ4v) is 2.91. The fraction of sp³-hybridized carbons (Fsp3) is 0.538. The second-order valence-electron chi connectivity index (χ2n) is 4.67. The number of halogens is 1. The molecule has 1 aromatic rings. The minimum Gasteiger partial charge on any atom is -0.504 e. The molecule has 0 heterocycles. The number of aromatic hydroxyl groups is 1. The summed E-state index contributed by atoms with van der Waals surface area (Å²) in [6.07, 6.45) is 0.825. The van der Waals surface area contributed by atoms with E-state index in [9.17, 15) is 10.2 Å². The third kappa shape index (κ3) is 2.58. The lowest BCUT2D eigenvalue weighted by Gasteiger charge is -2.27. The normalized spacial score (nSPS) is 11.6. The Morgan fingerprint density at radius 1 is 1.41 bits per heavy atom. The van der Waals surface area contributed by atoms with Crippen molar-refractivity contribution in [3.63, 3.8) is 0 Å². The maximum atomic E-state index is 10.2. The summed E-state index contributed by atoms with van der Waals surface area (Å²) in [5.41, 5.74) is 1.22. The van der Waals surface area contributed by atoms with Gasteiger partial charge in [-0.05, 0) is 18.1 Å². The standard InChI is InChI=1S/C13H19BrO3/c1-5-8-6-9(17-4)12(16)10(11(8)14)13(2,3)7-15/h6,15-16H,5,7H2,1-4H3. The van der Waals surface area contributed by atoms with Crippen LogP contribution in [0.25, 0.3) is 0 Å². The molecule has 4 heteroatoms. The number of aliphatic hydroxyl groups is 1. The molecule has 1 aromatic carbocycles. The molecule has 0 radical (unpaired) electrons. The number of phenols is 1. The molecule has 0 unspecified atom stereocenters. The molecule has 0 aromatic heterocycles. The highest BCUT2D eigenvalue weighted by Crippen LogP contribution is 2.44. The average Bonchev–Trinajstić information content (AvgIpc) is 2.29. The Bertz CT molecular complexity index is 385. The molecule has 3 nitrogen and oxygen atoms in total. The lowest BCUT2D eigenvalue weighted by atomic mass is 9.83. The average molecular weight is 303 g/mol. The lowest BCUT2D eigenvalue weighted by molar-refractivity contribution is 0.213. The van der Waals surface area contributed by atoms with Crippen LogP contribution in [-0.2, 0) is 11.8 Å². The van der Waals surface area contributed by atoms with Crippen molar-refractivity contribution in [2.24, 2.45) is 0 Å². The maximum Gasteiger partial charge on any atom is 0.162 e. The second-order valence-corrected chi connectivity index (χ2v) is 5.46. The molecular formula is C13H19BrO3. The molecule has 1 rings (SSSR count). The van der Waals surface area contributed by atoms with Gasteiger partial charge in [0.2, 0.25) is 0 Å². The molecule has 0 aliphatic rings. The summed E-state index contributed by atoms with van der Waals surface area (Å²) in [5.74, 6) is 0.539. The zero-order valence-corrected chi connectivity index (χ0v) is 12.3. The molecule has 0 aliphatic carbocycles. The van der Waals surface area contributed by atoms with E-state index in [-0.39, 0.29) is 12.4 Å². The lowest BCUT2D eigenvalue weighted by Crippen LogP contribution is -2.23. The summed E-state index contributed by atoms with van der Waals surface area (Å²) in [5, 5.41) is 19.6. The molecule has 0 amide bonds. The summed E-state index contributed by atoms with van der Waals surface area (Å²) >= 11 is 3.51. The fourth-order valence-electron chi connectivity index (χ4n) is 1.79. The van der Waals surface area contributed by atoms with Crippen molar-refractivity contribution < 1.29 is 14.9 Å². The van der Waals surface area contributed by atoms with Crippen molar-refractivity contribution >= 4 is 15.9 Å². The Kier molecular flexibility index (Phi) is 4.44. The molecule has 2 N–H and O–H groups in total. The summed E-state index contributed by atoms with van der Waals surface area (Å²) in [6.45, 7) is 5.75. The first-order chi connectivity index (χ1) is 7.88. The van der Waals surface area contributed by atoms with Gasteiger partial charge in [0, 0.05) is 15.5 Å². The number of aliphatic hydroxyl groups excluding tert-OH is 1.